The Balaban J connectivity index is 1.57. The number of hydrogen-bond acceptors (Lipinski definition) is 2. The number of nitrogens with zero attached hydrogens (tertiary/aromatic N) is 1. The smallest absolute Gasteiger partial charge is 0.253 e. The van der Waals surface area contributed by atoms with Gasteiger partial charge in [0.1, 0.15) is 0 Å². The second-order valence-electron chi connectivity index (χ2n) is 7.31. The van der Waals surface area contributed by atoms with Crippen molar-refractivity contribution >= 4 is 17.5 Å². The third kappa shape index (κ3) is 3.24. The molecule has 1 saturated carbocycles. The zero-order chi connectivity index (χ0) is 18.1. The normalized spacial score (nSPS) is 18.7. The van der Waals surface area contributed by atoms with Crippen LogP contribution in [0.5, 0.6) is 0 Å². The van der Waals surface area contributed by atoms with Crippen LogP contribution in [0.4, 0.5) is 5.69 Å². The molecule has 2 aliphatic carbocycles. The highest BCUT2D eigenvalue weighted by molar-refractivity contribution is 6.05. The zero-order valence-electron chi connectivity index (χ0n) is 15.1. The van der Waals surface area contributed by atoms with Crippen LogP contribution in [-0.4, -0.2) is 18.9 Å². The van der Waals surface area contributed by atoms with Gasteiger partial charge in [-0.05, 0) is 55.4 Å². The topological polar surface area (TPSA) is 49.4 Å². The summed E-state index contributed by atoms with van der Waals surface area (Å²) >= 11 is 0. The molecule has 0 aliphatic heterocycles. The van der Waals surface area contributed by atoms with Gasteiger partial charge in [-0.3, -0.25) is 9.59 Å². The number of hydrogen-bond donors (Lipinski definition) is 1. The van der Waals surface area contributed by atoms with E-state index in [1.54, 1.807) is 18.0 Å². The standard InChI is InChI=1S/C22H24N2O2/c1-24(22(26)16-13-14-16)20-12-5-4-10-18(20)21(25)23-19-11-6-8-15-7-2-3-9-17(15)19/h2-5,7,9-10,12,16,19H,6,8,11,13-14H2,1H3,(H,23,25). The average Bonchev–Trinajstić information content (AvgIpc) is 3.52. The summed E-state index contributed by atoms with van der Waals surface area (Å²) in [6.07, 6.45) is 5.00. The maximum Gasteiger partial charge on any atom is 0.253 e. The summed E-state index contributed by atoms with van der Waals surface area (Å²) < 4.78 is 0. The van der Waals surface area contributed by atoms with Crippen LogP contribution in [0.25, 0.3) is 0 Å². The highest BCUT2D eigenvalue weighted by atomic mass is 16.2. The van der Waals surface area contributed by atoms with Crippen molar-refractivity contribution in [2.24, 2.45) is 5.92 Å². The van der Waals surface area contributed by atoms with E-state index >= 15 is 0 Å². The molecule has 26 heavy (non-hydrogen) atoms. The van der Waals surface area contributed by atoms with Crippen LogP contribution in [-0.2, 0) is 11.2 Å². The summed E-state index contributed by atoms with van der Waals surface area (Å²) in [6, 6.07) is 15.7. The van der Waals surface area contributed by atoms with Gasteiger partial charge in [-0.2, -0.15) is 0 Å². The lowest BCUT2D eigenvalue weighted by atomic mass is 9.87. The van der Waals surface area contributed by atoms with E-state index in [0.29, 0.717) is 11.3 Å². The van der Waals surface area contributed by atoms with E-state index in [-0.39, 0.29) is 23.8 Å². The molecule has 0 aromatic heterocycles. The maximum atomic E-state index is 13.0. The Morgan fingerprint density at radius 3 is 2.54 bits per heavy atom. The van der Waals surface area contributed by atoms with Gasteiger partial charge in [0.15, 0.2) is 0 Å². The second kappa shape index (κ2) is 6.94. The summed E-state index contributed by atoms with van der Waals surface area (Å²) in [5.74, 6) is 0.118. The van der Waals surface area contributed by atoms with E-state index in [4.69, 9.17) is 0 Å². The van der Waals surface area contributed by atoms with E-state index in [9.17, 15) is 9.59 Å². The molecule has 2 aromatic carbocycles. The Kier molecular flexibility index (Phi) is 4.49. The predicted molar refractivity (Wildman–Crippen MR) is 102 cm³/mol. The number of amides is 2. The first-order valence-corrected chi connectivity index (χ1v) is 9.40. The fourth-order valence-electron chi connectivity index (χ4n) is 3.82. The Bertz CT molecular complexity index is 842. The molecule has 2 aromatic rings. The number of carbonyl (C=O) groups excluding carboxylic acids is 2. The van der Waals surface area contributed by atoms with Gasteiger partial charge in [-0.15, -0.1) is 0 Å². The Morgan fingerprint density at radius 1 is 1.00 bits per heavy atom. The Hall–Kier alpha value is -2.62. The maximum absolute atomic E-state index is 13.0. The van der Waals surface area contributed by atoms with Crippen LogP contribution < -0.4 is 10.2 Å². The van der Waals surface area contributed by atoms with Crippen LogP contribution in [0.3, 0.4) is 0 Å². The first kappa shape index (κ1) is 16.8. The Morgan fingerprint density at radius 2 is 1.73 bits per heavy atom. The molecule has 2 amide bonds. The molecule has 0 heterocycles. The van der Waals surface area contributed by atoms with Crippen molar-refractivity contribution in [2.45, 2.75) is 38.1 Å². The van der Waals surface area contributed by atoms with Crippen molar-refractivity contribution in [1.29, 1.82) is 0 Å². The van der Waals surface area contributed by atoms with Crippen LogP contribution in [0, 0.1) is 5.92 Å². The van der Waals surface area contributed by atoms with E-state index in [1.165, 1.54) is 11.1 Å². The quantitative estimate of drug-likeness (QED) is 0.912. The number of anilines is 1. The second-order valence-corrected chi connectivity index (χ2v) is 7.31. The van der Waals surface area contributed by atoms with Gasteiger partial charge < -0.3 is 10.2 Å². The van der Waals surface area contributed by atoms with Gasteiger partial charge >= 0.3 is 0 Å². The summed E-state index contributed by atoms with van der Waals surface area (Å²) in [6.45, 7) is 0. The number of rotatable bonds is 4. The molecule has 1 atom stereocenters. The lowest BCUT2D eigenvalue weighted by Crippen LogP contribution is -2.34. The van der Waals surface area contributed by atoms with Crippen molar-refractivity contribution in [1.82, 2.24) is 5.32 Å². The molecular formula is C22H24N2O2. The van der Waals surface area contributed by atoms with Crippen molar-refractivity contribution in [2.75, 3.05) is 11.9 Å². The van der Waals surface area contributed by atoms with E-state index in [0.717, 1.165) is 32.1 Å². The highest BCUT2D eigenvalue weighted by Crippen LogP contribution is 2.34. The lowest BCUT2D eigenvalue weighted by molar-refractivity contribution is -0.119. The van der Waals surface area contributed by atoms with Gasteiger partial charge in [0.25, 0.3) is 5.91 Å². The number of nitrogens with one attached hydrogen (secondary N) is 1. The monoisotopic (exact) mass is 348 g/mol. The number of para-hydroxylation sites is 1. The van der Waals surface area contributed by atoms with Gasteiger partial charge in [-0.1, -0.05) is 36.4 Å². The third-order valence-electron chi connectivity index (χ3n) is 5.44. The largest absolute Gasteiger partial charge is 0.345 e. The van der Waals surface area contributed by atoms with Gasteiger partial charge in [0.2, 0.25) is 5.91 Å². The molecule has 0 spiro atoms. The summed E-state index contributed by atoms with van der Waals surface area (Å²) in [5.41, 5.74) is 3.78. The molecule has 2 aliphatic rings. The van der Waals surface area contributed by atoms with Crippen LogP contribution in [0.15, 0.2) is 48.5 Å². The molecule has 4 rings (SSSR count). The highest BCUT2D eigenvalue weighted by Gasteiger charge is 2.33. The van der Waals surface area contributed by atoms with Crippen molar-refractivity contribution in [3.8, 4) is 0 Å². The molecular weight excluding hydrogens is 324 g/mol. The summed E-state index contributed by atoms with van der Waals surface area (Å²) in [7, 11) is 1.77. The minimum atomic E-state index is -0.113. The van der Waals surface area contributed by atoms with Crippen LogP contribution in [0.1, 0.15) is 53.2 Å². The summed E-state index contributed by atoms with van der Waals surface area (Å²) in [5, 5.41) is 3.19. The molecule has 0 saturated heterocycles. The lowest BCUT2D eigenvalue weighted by Gasteiger charge is -2.27. The summed E-state index contributed by atoms with van der Waals surface area (Å²) in [4.78, 5) is 27.1. The van der Waals surface area contributed by atoms with Gasteiger partial charge in [0, 0.05) is 13.0 Å². The average molecular weight is 348 g/mol. The zero-order valence-corrected chi connectivity index (χ0v) is 15.1. The minimum Gasteiger partial charge on any atom is -0.345 e. The molecule has 1 unspecified atom stereocenters. The first-order chi connectivity index (χ1) is 12.6. The molecule has 4 heteroatoms. The van der Waals surface area contributed by atoms with Gasteiger partial charge in [-0.25, -0.2) is 0 Å². The van der Waals surface area contributed by atoms with E-state index < -0.39 is 0 Å². The number of carbonyl (C=O) groups is 2. The Labute approximate surface area is 154 Å². The predicted octanol–water partition coefficient (Wildman–Crippen LogP) is 3.87. The molecule has 0 bridgehead atoms. The SMILES string of the molecule is CN(C(=O)C1CC1)c1ccccc1C(=O)NC1CCCc2ccccc21. The molecule has 1 fully saturated rings. The fraction of sp³-hybridized carbons (Fsp3) is 0.364. The molecule has 134 valence electrons. The third-order valence-corrected chi connectivity index (χ3v) is 5.44. The van der Waals surface area contributed by atoms with E-state index in [2.05, 4.69) is 23.5 Å². The first-order valence-electron chi connectivity index (χ1n) is 9.40. The van der Waals surface area contributed by atoms with Crippen molar-refractivity contribution < 1.29 is 9.59 Å². The van der Waals surface area contributed by atoms with Crippen molar-refractivity contribution in [3.05, 3.63) is 65.2 Å². The minimum absolute atomic E-state index is 0.0324. The molecule has 1 N–H and O–H groups in total. The van der Waals surface area contributed by atoms with E-state index in [1.807, 2.05) is 24.3 Å². The van der Waals surface area contributed by atoms with Gasteiger partial charge in [0.05, 0.1) is 17.3 Å². The number of fused-ring (bicyclic) bond motifs is 1. The van der Waals surface area contributed by atoms with Crippen LogP contribution >= 0.6 is 0 Å². The van der Waals surface area contributed by atoms with Crippen LogP contribution in [0.2, 0.25) is 0 Å². The fourth-order valence-corrected chi connectivity index (χ4v) is 3.82. The number of benzene rings is 2. The molecule has 4 nitrogen and oxygen atoms in total. The van der Waals surface area contributed by atoms with Crippen molar-refractivity contribution in [3.63, 3.8) is 0 Å². The number of aryl methyl sites for hydroxylation is 1. The molecule has 0 radical (unpaired) electrons.